The Hall–Kier alpha value is -1.47. The third-order valence-electron chi connectivity index (χ3n) is 3.95. The first-order chi connectivity index (χ1) is 11.5. The van der Waals surface area contributed by atoms with Crippen LogP contribution in [0.5, 0.6) is 0 Å². The number of nitrogens with zero attached hydrogens (tertiary/aromatic N) is 3. The first-order valence-corrected chi connectivity index (χ1v) is 9.31. The van der Waals surface area contributed by atoms with Crippen LogP contribution >= 0.6 is 35.2 Å². The second-order valence-corrected chi connectivity index (χ2v) is 8.14. The summed E-state index contributed by atoms with van der Waals surface area (Å²) >= 11 is 13.2. The van der Waals surface area contributed by atoms with Gasteiger partial charge >= 0.3 is 0 Å². The molecule has 0 aliphatic rings. The van der Waals surface area contributed by atoms with Gasteiger partial charge in [0.2, 0.25) is 4.77 Å². The third kappa shape index (κ3) is 3.62. The smallest absolute Gasteiger partial charge is 0.202 e. The molecule has 1 N–H and O–H groups in total. The molecule has 2 aromatic heterocycles. The van der Waals surface area contributed by atoms with Gasteiger partial charge in [0.15, 0.2) is 12.5 Å². The van der Waals surface area contributed by atoms with Crippen molar-refractivity contribution in [3.8, 4) is 11.4 Å². The molecule has 2 heterocycles. The number of halogens is 1. The fraction of sp³-hybridized carbons (Fsp3) is 0.294. The van der Waals surface area contributed by atoms with Gasteiger partial charge in [-0.25, -0.2) is 0 Å². The molecule has 0 saturated carbocycles. The van der Waals surface area contributed by atoms with Gasteiger partial charge in [0.1, 0.15) is 6.54 Å². The molecule has 126 valence electrons. The number of hydrogen-bond acceptors (Lipinski definition) is 3. The number of benzene rings is 1. The molecule has 0 spiro atoms. The maximum atomic E-state index is 6.01. The van der Waals surface area contributed by atoms with E-state index in [1.807, 2.05) is 34.5 Å². The van der Waals surface area contributed by atoms with Crippen LogP contribution in [0.3, 0.4) is 0 Å². The van der Waals surface area contributed by atoms with Gasteiger partial charge in [0.25, 0.3) is 0 Å². The molecule has 0 amide bonds. The molecule has 1 atom stereocenters. The molecule has 0 saturated heterocycles. The summed E-state index contributed by atoms with van der Waals surface area (Å²) in [7, 11) is 4.11. The van der Waals surface area contributed by atoms with E-state index in [2.05, 4.69) is 32.2 Å². The molecule has 24 heavy (non-hydrogen) atoms. The number of thiophene rings is 1. The van der Waals surface area contributed by atoms with Gasteiger partial charge in [0, 0.05) is 12.6 Å². The maximum Gasteiger partial charge on any atom is 0.202 e. The van der Waals surface area contributed by atoms with Crippen LogP contribution in [0.25, 0.3) is 11.4 Å². The highest BCUT2D eigenvalue weighted by molar-refractivity contribution is 7.71. The summed E-state index contributed by atoms with van der Waals surface area (Å²) in [6.45, 7) is 3.71. The van der Waals surface area contributed by atoms with E-state index in [-0.39, 0.29) is 0 Å². The SMILES string of the molecule is Cc1ccccc1-c1nn(C[NH+](C)Cc2ccc(Cl)s2)c(=S)n1C. The molecule has 1 aromatic carbocycles. The third-order valence-corrected chi connectivity index (χ3v) is 5.67. The Morgan fingerprint density at radius 1 is 1.25 bits per heavy atom. The predicted molar refractivity (Wildman–Crippen MR) is 102 cm³/mol. The highest BCUT2D eigenvalue weighted by Crippen LogP contribution is 2.21. The van der Waals surface area contributed by atoms with Crippen LogP contribution < -0.4 is 4.90 Å². The Morgan fingerprint density at radius 2 is 2.00 bits per heavy atom. The van der Waals surface area contributed by atoms with Crippen LogP contribution in [0.15, 0.2) is 36.4 Å². The summed E-state index contributed by atoms with van der Waals surface area (Å²) in [5.41, 5.74) is 2.31. The van der Waals surface area contributed by atoms with Crippen molar-refractivity contribution in [1.29, 1.82) is 0 Å². The van der Waals surface area contributed by atoms with E-state index in [1.54, 1.807) is 11.3 Å². The van der Waals surface area contributed by atoms with Crippen molar-refractivity contribution in [2.45, 2.75) is 20.1 Å². The van der Waals surface area contributed by atoms with Crippen LogP contribution in [-0.2, 0) is 20.3 Å². The molecule has 4 nitrogen and oxygen atoms in total. The van der Waals surface area contributed by atoms with Crippen molar-refractivity contribution in [1.82, 2.24) is 14.3 Å². The molecular weight excluding hydrogens is 360 g/mol. The Labute approximate surface area is 155 Å². The minimum absolute atomic E-state index is 0.716. The molecule has 0 fully saturated rings. The fourth-order valence-electron chi connectivity index (χ4n) is 2.71. The normalized spacial score (nSPS) is 12.5. The Morgan fingerprint density at radius 3 is 2.67 bits per heavy atom. The van der Waals surface area contributed by atoms with Gasteiger partial charge < -0.3 is 9.47 Å². The standard InChI is InChI=1S/C17H19ClN4S2/c1-12-6-4-5-7-14(12)16-19-22(17(23)21(16)3)11-20(2)10-13-8-9-15(18)24-13/h4-9H,10-11H2,1-3H3/p+1. The molecule has 3 rings (SSSR count). The highest BCUT2D eigenvalue weighted by atomic mass is 35.5. The Kier molecular flexibility index (Phi) is 5.20. The quantitative estimate of drug-likeness (QED) is 0.688. The van der Waals surface area contributed by atoms with Crippen molar-refractivity contribution in [2.24, 2.45) is 7.05 Å². The lowest BCUT2D eigenvalue weighted by Gasteiger charge is -2.12. The molecule has 0 bridgehead atoms. The number of nitrogens with one attached hydrogen (secondary N) is 1. The predicted octanol–water partition coefficient (Wildman–Crippen LogP) is 3.31. The average Bonchev–Trinajstić information content (AvgIpc) is 3.06. The summed E-state index contributed by atoms with van der Waals surface area (Å²) in [5, 5.41) is 4.76. The summed E-state index contributed by atoms with van der Waals surface area (Å²) in [6, 6.07) is 12.3. The largest absolute Gasteiger partial charge is 0.314 e. The lowest BCUT2D eigenvalue weighted by Crippen LogP contribution is -3.06. The van der Waals surface area contributed by atoms with Crippen LogP contribution in [-0.4, -0.2) is 21.4 Å². The van der Waals surface area contributed by atoms with Crippen LogP contribution in [0.4, 0.5) is 0 Å². The highest BCUT2D eigenvalue weighted by Gasteiger charge is 2.14. The van der Waals surface area contributed by atoms with Crippen LogP contribution in [0, 0.1) is 11.7 Å². The molecule has 1 unspecified atom stereocenters. The molecular formula is C17H20ClN4S2+. The number of aromatic nitrogens is 3. The monoisotopic (exact) mass is 379 g/mol. The first kappa shape index (κ1) is 17.4. The van der Waals surface area contributed by atoms with E-state index < -0.39 is 0 Å². The first-order valence-electron chi connectivity index (χ1n) is 7.71. The van der Waals surface area contributed by atoms with E-state index in [0.717, 1.165) is 27.0 Å². The summed E-state index contributed by atoms with van der Waals surface area (Å²) in [4.78, 5) is 2.57. The fourth-order valence-corrected chi connectivity index (χ4v) is 4.10. The molecule has 0 aliphatic carbocycles. The van der Waals surface area contributed by atoms with Gasteiger partial charge in [-0.1, -0.05) is 35.9 Å². The second kappa shape index (κ2) is 7.19. The number of quaternary nitrogens is 1. The number of hydrogen-bond donors (Lipinski definition) is 1. The van der Waals surface area contributed by atoms with Crippen LogP contribution in [0.2, 0.25) is 4.34 Å². The zero-order chi connectivity index (χ0) is 17.3. The van der Waals surface area contributed by atoms with Crippen molar-refractivity contribution < 1.29 is 4.90 Å². The average molecular weight is 380 g/mol. The lowest BCUT2D eigenvalue weighted by atomic mass is 10.1. The van der Waals surface area contributed by atoms with Crippen molar-refractivity contribution in [3.63, 3.8) is 0 Å². The topological polar surface area (TPSA) is 27.2 Å². The molecule has 3 aromatic rings. The minimum atomic E-state index is 0.716. The van der Waals surface area contributed by atoms with E-state index in [4.69, 9.17) is 28.9 Å². The van der Waals surface area contributed by atoms with E-state index >= 15 is 0 Å². The van der Waals surface area contributed by atoms with E-state index in [0.29, 0.717) is 6.67 Å². The van der Waals surface area contributed by atoms with Crippen molar-refractivity contribution in [3.05, 3.63) is 55.9 Å². The maximum absolute atomic E-state index is 6.01. The number of rotatable bonds is 5. The Balaban J connectivity index is 1.83. The summed E-state index contributed by atoms with van der Waals surface area (Å²) in [6.07, 6.45) is 0. The van der Waals surface area contributed by atoms with E-state index in [9.17, 15) is 0 Å². The summed E-state index contributed by atoms with van der Waals surface area (Å²) < 4.78 is 5.44. The lowest BCUT2D eigenvalue weighted by molar-refractivity contribution is -0.917. The van der Waals surface area contributed by atoms with Crippen LogP contribution in [0.1, 0.15) is 10.4 Å². The van der Waals surface area contributed by atoms with Gasteiger partial charge in [-0.15, -0.1) is 16.4 Å². The van der Waals surface area contributed by atoms with Crippen molar-refractivity contribution in [2.75, 3.05) is 7.05 Å². The summed E-state index contributed by atoms with van der Waals surface area (Å²) in [5.74, 6) is 0.907. The number of aryl methyl sites for hydroxylation is 1. The van der Waals surface area contributed by atoms with Gasteiger partial charge in [0.05, 0.1) is 16.3 Å². The second-order valence-electron chi connectivity index (χ2n) is 5.98. The zero-order valence-electron chi connectivity index (χ0n) is 13.9. The zero-order valence-corrected chi connectivity index (χ0v) is 16.3. The Bertz CT molecular complexity index is 909. The molecule has 0 radical (unpaired) electrons. The van der Waals surface area contributed by atoms with Gasteiger partial charge in [-0.3, -0.25) is 0 Å². The minimum Gasteiger partial charge on any atom is -0.314 e. The van der Waals surface area contributed by atoms with Gasteiger partial charge in [-0.05, 0) is 36.8 Å². The molecule has 7 heteroatoms. The van der Waals surface area contributed by atoms with E-state index in [1.165, 1.54) is 15.3 Å². The molecule has 0 aliphatic heterocycles. The van der Waals surface area contributed by atoms with Crippen molar-refractivity contribution >= 4 is 35.2 Å². The van der Waals surface area contributed by atoms with Gasteiger partial charge in [-0.2, -0.15) is 4.68 Å².